The molecule has 0 radical (unpaired) electrons. The maximum Gasteiger partial charge on any atom is 0.250 e. The molecule has 0 spiro atoms. The summed E-state index contributed by atoms with van der Waals surface area (Å²) in [5.41, 5.74) is 10.8. The fourth-order valence-corrected chi connectivity index (χ4v) is 2.34. The van der Waals surface area contributed by atoms with Gasteiger partial charge in [0.25, 0.3) is 5.91 Å². The van der Waals surface area contributed by atoms with Gasteiger partial charge >= 0.3 is 0 Å². The first-order valence-electron chi connectivity index (χ1n) is 5.10. The minimum Gasteiger partial charge on any atom is -0.468 e. The lowest BCUT2D eigenvalue weighted by Gasteiger charge is -2.07. The summed E-state index contributed by atoms with van der Waals surface area (Å²) in [5, 5.41) is 0. The molecule has 0 unspecified atom stereocenters. The molecule has 0 aliphatic rings. The zero-order valence-corrected chi connectivity index (χ0v) is 10.4. The van der Waals surface area contributed by atoms with Crippen molar-refractivity contribution in [1.29, 1.82) is 0 Å². The van der Waals surface area contributed by atoms with Crippen LogP contribution in [0.3, 0.4) is 0 Å². The van der Waals surface area contributed by atoms with Crippen LogP contribution in [0.1, 0.15) is 16.1 Å². The number of primary amides is 1. The van der Waals surface area contributed by atoms with Gasteiger partial charge in [0.2, 0.25) is 0 Å². The predicted octanol–water partition coefficient (Wildman–Crippen LogP) is 2.56. The minimum atomic E-state index is -0.682. The monoisotopic (exact) mass is 266 g/mol. The summed E-state index contributed by atoms with van der Waals surface area (Å²) in [5.74, 6) is -0.502. The fraction of sp³-hybridized carbons (Fsp3) is 0.0833. The maximum absolute atomic E-state index is 13.7. The van der Waals surface area contributed by atoms with Crippen molar-refractivity contribution in [3.05, 3.63) is 41.6 Å². The van der Waals surface area contributed by atoms with E-state index in [4.69, 9.17) is 15.9 Å². The van der Waals surface area contributed by atoms with Crippen molar-refractivity contribution >= 4 is 23.4 Å². The summed E-state index contributed by atoms with van der Waals surface area (Å²) < 4.78 is 18.9. The molecule has 2 rings (SSSR count). The van der Waals surface area contributed by atoms with Crippen molar-refractivity contribution in [2.75, 3.05) is 5.73 Å². The van der Waals surface area contributed by atoms with E-state index in [1.165, 1.54) is 12.3 Å². The Morgan fingerprint density at radius 2 is 2.11 bits per heavy atom. The van der Waals surface area contributed by atoms with Crippen LogP contribution < -0.4 is 11.5 Å². The van der Waals surface area contributed by atoms with Crippen LogP contribution in [0.15, 0.2) is 38.7 Å². The number of amides is 1. The summed E-state index contributed by atoms with van der Waals surface area (Å²) in [4.78, 5) is 12.2. The van der Waals surface area contributed by atoms with E-state index in [1.807, 2.05) is 0 Å². The normalized spacial score (nSPS) is 10.6. The standard InChI is InChI=1S/C12H11FN2O2S/c1-6-10(2-3-17-6)18-11-4-7(12(15)16)9(14)5-8(11)13/h2-5H,14H2,1H3,(H2,15,16). The highest BCUT2D eigenvalue weighted by molar-refractivity contribution is 7.99. The summed E-state index contributed by atoms with van der Waals surface area (Å²) in [6.07, 6.45) is 1.52. The van der Waals surface area contributed by atoms with Gasteiger partial charge in [0.05, 0.1) is 16.7 Å². The summed E-state index contributed by atoms with van der Waals surface area (Å²) >= 11 is 1.16. The first-order chi connectivity index (χ1) is 8.49. The Hall–Kier alpha value is -1.95. The number of hydrogen-bond acceptors (Lipinski definition) is 4. The Labute approximate surface area is 107 Å². The highest BCUT2D eigenvalue weighted by Crippen LogP contribution is 2.34. The van der Waals surface area contributed by atoms with Crippen molar-refractivity contribution in [3.8, 4) is 0 Å². The Kier molecular flexibility index (Phi) is 3.29. The van der Waals surface area contributed by atoms with Crippen LogP contribution in [0.25, 0.3) is 0 Å². The first-order valence-corrected chi connectivity index (χ1v) is 5.91. The number of nitrogens with two attached hydrogens (primary N) is 2. The molecule has 4 N–H and O–H groups in total. The number of nitrogen functional groups attached to an aromatic ring is 1. The molecule has 18 heavy (non-hydrogen) atoms. The van der Waals surface area contributed by atoms with Gasteiger partial charge in [-0.2, -0.15) is 0 Å². The van der Waals surface area contributed by atoms with E-state index < -0.39 is 11.7 Å². The molecule has 0 aliphatic heterocycles. The molecule has 1 heterocycles. The molecule has 0 fully saturated rings. The molecule has 0 bridgehead atoms. The van der Waals surface area contributed by atoms with Gasteiger partial charge in [-0.3, -0.25) is 4.79 Å². The van der Waals surface area contributed by atoms with Crippen LogP contribution in [0.4, 0.5) is 10.1 Å². The molecular formula is C12H11FN2O2S. The van der Waals surface area contributed by atoms with E-state index in [-0.39, 0.29) is 16.1 Å². The number of halogens is 1. The van der Waals surface area contributed by atoms with Gasteiger partial charge in [-0.25, -0.2) is 4.39 Å². The second-order valence-corrected chi connectivity index (χ2v) is 4.76. The summed E-state index contributed by atoms with van der Waals surface area (Å²) in [7, 11) is 0. The third-order valence-electron chi connectivity index (χ3n) is 2.40. The van der Waals surface area contributed by atoms with Crippen molar-refractivity contribution in [2.24, 2.45) is 5.73 Å². The third kappa shape index (κ3) is 2.33. The molecule has 2 aromatic rings. The van der Waals surface area contributed by atoms with Crippen molar-refractivity contribution in [3.63, 3.8) is 0 Å². The molecule has 0 saturated heterocycles. The van der Waals surface area contributed by atoms with Gasteiger partial charge < -0.3 is 15.9 Å². The van der Waals surface area contributed by atoms with E-state index in [1.54, 1.807) is 13.0 Å². The molecule has 0 saturated carbocycles. The lowest BCUT2D eigenvalue weighted by molar-refractivity contribution is 0.100. The quantitative estimate of drug-likeness (QED) is 0.836. The van der Waals surface area contributed by atoms with Crippen LogP contribution in [-0.2, 0) is 0 Å². The number of aryl methyl sites for hydroxylation is 1. The SMILES string of the molecule is Cc1occc1Sc1cc(C(N)=O)c(N)cc1F. The van der Waals surface area contributed by atoms with E-state index in [2.05, 4.69) is 0 Å². The van der Waals surface area contributed by atoms with Crippen LogP contribution in [0, 0.1) is 12.7 Å². The third-order valence-corrected chi connectivity index (χ3v) is 3.58. The van der Waals surface area contributed by atoms with E-state index >= 15 is 0 Å². The van der Waals surface area contributed by atoms with E-state index in [0.29, 0.717) is 5.76 Å². The maximum atomic E-state index is 13.7. The van der Waals surface area contributed by atoms with Crippen LogP contribution in [0.2, 0.25) is 0 Å². The number of anilines is 1. The van der Waals surface area contributed by atoms with Crippen LogP contribution >= 0.6 is 11.8 Å². The highest BCUT2D eigenvalue weighted by atomic mass is 32.2. The molecule has 1 amide bonds. The number of carbonyl (C=O) groups excluding carboxylic acids is 1. The molecule has 1 aromatic carbocycles. The average molecular weight is 266 g/mol. The molecule has 1 aromatic heterocycles. The zero-order chi connectivity index (χ0) is 13.3. The average Bonchev–Trinajstić information content (AvgIpc) is 2.67. The molecular weight excluding hydrogens is 255 g/mol. The summed E-state index contributed by atoms with van der Waals surface area (Å²) in [6.45, 7) is 1.77. The second kappa shape index (κ2) is 4.73. The number of carbonyl (C=O) groups is 1. The number of benzene rings is 1. The number of furan rings is 1. The largest absolute Gasteiger partial charge is 0.468 e. The number of hydrogen-bond donors (Lipinski definition) is 2. The summed E-state index contributed by atoms with van der Waals surface area (Å²) in [6, 6.07) is 4.17. The Bertz CT molecular complexity index is 610. The van der Waals surface area contributed by atoms with Gasteiger partial charge in [-0.15, -0.1) is 0 Å². The first kappa shape index (κ1) is 12.5. The fourth-order valence-electron chi connectivity index (χ4n) is 1.46. The molecule has 94 valence electrons. The van der Waals surface area contributed by atoms with Crippen LogP contribution in [0.5, 0.6) is 0 Å². The van der Waals surface area contributed by atoms with Gasteiger partial charge in [-0.1, -0.05) is 11.8 Å². The molecule has 4 nitrogen and oxygen atoms in total. The smallest absolute Gasteiger partial charge is 0.250 e. The van der Waals surface area contributed by atoms with Crippen molar-refractivity contribution < 1.29 is 13.6 Å². The van der Waals surface area contributed by atoms with Crippen molar-refractivity contribution in [1.82, 2.24) is 0 Å². The lowest BCUT2D eigenvalue weighted by Crippen LogP contribution is -2.14. The van der Waals surface area contributed by atoms with Crippen molar-refractivity contribution in [2.45, 2.75) is 16.7 Å². The van der Waals surface area contributed by atoms with Crippen LogP contribution in [-0.4, -0.2) is 5.91 Å². The Morgan fingerprint density at radius 1 is 1.39 bits per heavy atom. The Morgan fingerprint density at radius 3 is 2.67 bits per heavy atom. The molecule has 0 aliphatic carbocycles. The minimum absolute atomic E-state index is 0.0354. The lowest BCUT2D eigenvalue weighted by atomic mass is 10.1. The highest BCUT2D eigenvalue weighted by Gasteiger charge is 2.14. The van der Waals surface area contributed by atoms with Gasteiger partial charge in [0.1, 0.15) is 11.6 Å². The molecule has 6 heteroatoms. The van der Waals surface area contributed by atoms with E-state index in [9.17, 15) is 9.18 Å². The number of rotatable bonds is 3. The topological polar surface area (TPSA) is 82.2 Å². The second-order valence-electron chi connectivity index (χ2n) is 3.68. The van der Waals surface area contributed by atoms with E-state index in [0.717, 1.165) is 22.7 Å². The van der Waals surface area contributed by atoms with Gasteiger partial charge in [0, 0.05) is 10.6 Å². The van der Waals surface area contributed by atoms with Gasteiger partial charge in [0.15, 0.2) is 0 Å². The Balaban J connectivity index is 2.42. The van der Waals surface area contributed by atoms with Gasteiger partial charge in [-0.05, 0) is 25.1 Å². The zero-order valence-electron chi connectivity index (χ0n) is 9.57. The molecule has 0 atom stereocenters. The predicted molar refractivity (Wildman–Crippen MR) is 66.9 cm³/mol.